The maximum Gasteiger partial charge on any atom is 0.290 e. The summed E-state index contributed by atoms with van der Waals surface area (Å²) in [6.45, 7) is 0. The van der Waals surface area contributed by atoms with Crippen LogP contribution in [0.2, 0.25) is 0 Å². The molecule has 0 bridgehead atoms. The van der Waals surface area contributed by atoms with Crippen molar-refractivity contribution in [3.63, 3.8) is 0 Å². The number of rotatable bonds is 6. The van der Waals surface area contributed by atoms with Gasteiger partial charge in [0, 0.05) is 4.47 Å². The molecule has 0 unspecified atom stereocenters. The molecule has 0 atom stereocenters. The number of ether oxygens (including phenoxy) is 2. The minimum atomic E-state index is -0.630. The van der Waals surface area contributed by atoms with Crippen molar-refractivity contribution in [2.24, 2.45) is 10.2 Å². The van der Waals surface area contributed by atoms with Crippen LogP contribution < -0.4 is 15.0 Å². The SMILES string of the molecule is COc1ccccc1N=Nc1c(O)n(-c2ccccc2OC)c(=S)n(-c2ccc(Br)cc2)c1=O. The summed E-state index contributed by atoms with van der Waals surface area (Å²) in [5.74, 6) is 0.450. The molecule has 34 heavy (non-hydrogen) atoms. The Morgan fingerprint density at radius 3 is 2.15 bits per heavy atom. The number of azo groups is 1. The number of hydrogen-bond donors (Lipinski definition) is 1. The molecule has 0 amide bonds. The third-order valence-corrected chi connectivity index (χ3v) is 5.86. The van der Waals surface area contributed by atoms with E-state index < -0.39 is 11.4 Å². The van der Waals surface area contributed by atoms with E-state index in [4.69, 9.17) is 21.7 Å². The van der Waals surface area contributed by atoms with Gasteiger partial charge in [-0.3, -0.25) is 13.9 Å². The van der Waals surface area contributed by atoms with E-state index in [1.165, 1.54) is 23.4 Å². The third kappa shape index (κ3) is 4.37. The van der Waals surface area contributed by atoms with E-state index in [9.17, 15) is 9.90 Å². The Kier molecular flexibility index (Phi) is 6.90. The second-order valence-electron chi connectivity index (χ2n) is 6.95. The van der Waals surface area contributed by atoms with E-state index >= 15 is 0 Å². The normalized spacial score (nSPS) is 11.0. The number of nitrogens with zero attached hydrogens (tertiary/aromatic N) is 4. The molecule has 1 aromatic heterocycles. The molecule has 0 saturated heterocycles. The average Bonchev–Trinajstić information content (AvgIpc) is 2.85. The predicted octanol–water partition coefficient (Wildman–Crippen LogP) is 6.26. The van der Waals surface area contributed by atoms with Crippen molar-refractivity contribution in [2.45, 2.75) is 0 Å². The van der Waals surface area contributed by atoms with E-state index in [-0.39, 0.29) is 10.5 Å². The fraction of sp³-hybridized carbons (Fsp3) is 0.0833. The molecule has 4 rings (SSSR count). The molecule has 10 heteroatoms. The van der Waals surface area contributed by atoms with Gasteiger partial charge in [0.1, 0.15) is 17.2 Å². The van der Waals surface area contributed by atoms with E-state index in [2.05, 4.69) is 26.2 Å². The zero-order valence-electron chi connectivity index (χ0n) is 18.2. The lowest BCUT2D eigenvalue weighted by molar-refractivity contribution is 0.402. The van der Waals surface area contributed by atoms with Crippen LogP contribution in [-0.2, 0) is 0 Å². The summed E-state index contributed by atoms with van der Waals surface area (Å²) in [4.78, 5) is 13.5. The maximum absolute atomic E-state index is 13.5. The first-order valence-electron chi connectivity index (χ1n) is 10.0. The molecular weight excluding hydrogens is 520 g/mol. The molecule has 3 aromatic carbocycles. The fourth-order valence-corrected chi connectivity index (χ4v) is 3.98. The van der Waals surface area contributed by atoms with Gasteiger partial charge < -0.3 is 14.6 Å². The maximum atomic E-state index is 13.5. The summed E-state index contributed by atoms with van der Waals surface area (Å²) in [6, 6.07) is 21.0. The van der Waals surface area contributed by atoms with E-state index in [0.29, 0.717) is 28.6 Å². The summed E-state index contributed by atoms with van der Waals surface area (Å²) in [5.41, 5.74) is 0.399. The predicted molar refractivity (Wildman–Crippen MR) is 135 cm³/mol. The molecule has 0 aliphatic rings. The van der Waals surface area contributed by atoms with Crippen LogP contribution in [0.25, 0.3) is 11.4 Å². The molecule has 1 heterocycles. The molecule has 0 aliphatic heterocycles. The highest BCUT2D eigenvalue weighted by Crippen LogP contribution is 2.34. The summed E-state index contributed by atoms with van der Waals surface area (Å²) in [5, 5.41) is 19.5. The second kappa shape index (κ2) is 10.0. The molecule has 4 aromatic rings. The van der Waals surface area contributed by atoms with Gasteiger partial charge in [-0.25, -0.2) is 0 Å². The molecule has 0 fully saturated rings. The minimum Gasteiger partial charge on any atom is -0.495 e. The van der Waals surface area contributed by atoms with Gasteiger partial charge in [0.15, 0.2) is 4.77 Å². The number of methoxy groups -OCH3 is 2. The molecule has 0 saturated carbocycles. The molecule has 0 aliphatic carbocycles. The molecule has 1 N–H and O–H groups in total. The van der Waals surface area contributed by atoms with Gasteiger partial charge in [0.25, 0.3) is 5.56 Å². The van der Waals surface area contributed by atoms with Crippen molar-refractivity contribution in [1.29, 1.82) is 0 Å². The summed E-state index contributed by atoms with van der Waals surface area (Å²) in [6.07, 6.45) is 0. The van der Waals surface area contributed by atoms with Crippen LogP contribution in [0.5, 0.6) is 17.4 Å². The molecule has 8 nitrogen and oxygen atoms in total. The van der Waals surface area contributed by atoms with Gasteiger partial charge in [-0.05, 0) is 60.7 Å². The topological polar surface area (TPSA) is 90.3 Å². The van der Waals surface area contributed by atoms with Crippen molar-refractivity contribution in [1.82, 2.24) is 9.13 Å². The number of benzene rings is 3. The largest absolute Gasteiger partial charge is 0.495 e. The monoisotopic (exact) mass is 538 g/mol. The van der Waals surface area contributed by atoms with Gasteiger partial charge in [-0.15, -0.1) is 10.2 Å². The Bertz CT molecular complexity index is 1500. The number of para-hydroxylation sites is 3. The number of aromatic nitrogens is 2. The summed E-state index contributed by atoms with van der Waals surface area (Å²) >= 11 is 9.05. The Morgan fingerprint density at radius 1 is 0.853 bits per heavy atom. The van der Waals surface area contributed by atoms with E-state index in [1.54, 1.807) is 72.8 Å². The van der Waals surface area contributed by atoms with Gasteiger partial charge >= 0.3 is 0 Å². The van der Waals surface area contributed by atoms with Crippen molar-refractivity contribution in [3.8, 4) is 28.8 Å². The molecule has 0 spiro atoms. The molecule has 0 radical (unpaired) electrons. The third-order valence-electron chi connectivity index (χ3n) is 4.97. The van der Waals surface area contributed by atoms with Crippen LogP contribution >= 0.6 is 28.1 Å². The van der Waals surface area contributed by atoms with Crippen molar-refractivity contribution >= 4 is 39.5 Å². The van der Waals surface area contributed by atoms with Crippen LogP contribution in [0.3, 0.4) is 0 Å². The lowest BCUT2D eigenvalue weighted by Crippen LogP contribution is -2.23. The lowest BCUT2D eigenvalue weighted by atomic mass is 10.2. The minimum absolute atomic E-state index is 0.0329. The Balaban J connectivity index is 2.04. The standard InChI is InChI=1S/C24H19BrN4O4S/c1-32-19-9-5-3-7-17(19)26-27-21-22(30)28(16-13-11-15(25)12-14-16)24(34)29(23(21)31)18-8-4-6-10-20(18)33-2/h3-14,31H,1-2H3. The highest BCUT2D eigenvalue weighted by atomic mass is 79.9. The smallest absolute Gasteiger partial charge is 0.290 e. The van der Waals surface area contributed by atoms with E-state index in [1.807, 2.05) is 0 Å². The quantitative estimate of drug-likeness (QED) is 0.231. The zero-order chi connectivity index (χ0) is 24.2. The van der Waals surface area contributed by atoms with Crippen LogP contribution in [-0.4, -0.2) is 28.5 Å². The van der Waals surface area contributed by atoms with Crippen LogP contribution in [0.4, 0.5) is 11.4 Å². The Labute approximate surface area is 208 Å². The zero-order valence-corrected chi connectivity index (χ0v) is 20.6. The highest BCUT2D eigenvalue weighted by molar-refractivity contribution is 9.10. The van der Waals surface area contributed by atoms with Crippen LogP contribution in [0.1, 0.15) is 0 Å². The van der Waals surface area contributed by atoms with Gasteiger partial charge in [-0.2, -0.15) is 0 Å². The van der Waals surface area contributed by atoms with E-state index in [0.717, 1.165) is 4.47 Å². The number of halogens is 1. The van der Waals surface area contributed by atoms with Crippen molar-refractivity contribution in [3.05, 3.63) is 92.4 Å². The highest BCUT2D eigenvalue weighted by Gasteiger charge is 2.21. The molecule has 172 valence electrons. The average molecular weight is 539 g/mol. The Morgan fingerprint density at radius 2 is 1.47 bits per heavy atom. The van der Waals surface area contributed by atoms with Gasteiger partial charge in [-0.1, -0.05) is 40.2 Å². The first-order chi connectivity index (χ1) is 16.5. The number of hydrogen-bond acceptors (Lipinski definition) is 7. The van der Waals surface area contributed by atoms with Crippen LogP contribution in [0.15, 0.2) is 92.3 Å². The summed E-state index contributed by atoms with van der Waals surface area (Å²) in [7, 11) is 3.01. The second-order valence-corrected chi connectivity index (χ2v) is 8.23. The first-order valence-corrected chi connectivity index (χ1v) is 11.2. The number of aromatic hydroxyl groups is 1. The molecular formula is C24H19BrN4O4S. The van der Waals surface area contributed by atoms with Crippen molar-refractivity contribution < 1.29 is 14.6 Å². The lowest BCUT2D eigenvalue weighted by Gasteiger charge is -2.17. The van der Waals surface area contributed by atoms with Crippen molar-refractivity contribution in [2.75, 3.05) is 14.2 Å². The fourth-order valence-electron chi connectivity index (χ4n) is 3.34. The Hall–Kier alpha value is -3.76. The van der Waals surface area contributed by atoms with Crippen LogP contribution in [0, 0.1) is 4.77 Å². The van der Waals surface area contributed by atoms with Gasteiger partial charge in [0.05, 0.1) is 25.6 Å². The van der Waals surface area contributed by atoms with Gasteiger partial charge in [0.2, 0.25) is 11.6 Å². The first kappa shape index (κ1) is 23.4. The summed E-state index contributed by atoms with van der Waals surface area (Å²) < 4.78 is 14.2.